The van der Waals surface area contributed by atoms with Crippen molar-refractivity contribution in [2.75, 3.05) is 23.5 Å². The van der Waals surface area contributed by atoms with Crippen LogP contribution in [-0.4, -0.2) is 33.5 Å². The molecule has 1 amide bonds. The van der Waals surface area contributed by atoms with E-state index in [-0.39, 0.29) is 17.5 Å². The maximum Gasteiger partial charge on any atom is 0.234 e. The molecular weight excluding hydrogens is 453 g/mol. The van der Waals surface area contributed by atoms with Crippen LogP contribution in [-0.2, 0) is 11.3 Å². The topological polar surface area (TPSA) is 81.1 Å². The number of ether oxygens (including phenoxy) is 1. The van der Waals surface area contributed by atoms with E-state index in [1.165, 1.54) is 23.9 Å². The standard InChI is InChI=1S/C25H24FN5O2S/c1-17-5-3-6-20(13-17)28-24(32)16-34-25-30-29-23(15-27-19-11-9-18(26)10-12-19)31(25)21-7-4-8-22(14-21)33-2/h3-14,27H,15-16H2,1-2H3,(H,28,32). The van der Waals surface area contributed by atoms with Crippen LogP contribution in [0.4, 0.5) is 15.8 Å². The molecule has 0 bridgehead atoms. The lowest BCUT2D eigenvalue weighted by atomic mass is 10.2. The summed E-state index contributed by atoms with van der Waals surface area (Å²) >= 11 is 1.29. The van der Waals surface area contributed by atoms with Gasteiger partial charge in [-0.2, -0.15) is 0 Å². The molecule has 7 nitrogen and oxygen atoms in total. The van der Waals surface area contributed by atoms with Crippen molar-refractivity contribution in [1.29, 1.82) is 0 Å². The third-order valence-electron chi connectivity index (χ3n) is 4.94. The maximum atomic E-state index is 13.2. The molecule has 1 aromatic heterocycles. The van der Waals surface area contributed by atoms with Gasteiger partial charge >= 0.3 is 0 Å². The quantitative estimate of drug-likeness (QED) is 0.328. The lowest BCUT2D eigenvalue weighted by Crippen LogP contribution is -2.15. The summed E-state index contributed by atoms with van der Waals surface area (Å²) in [5.74, 6) is 1.06. The van der Waals surface area contributed by atoms with E-state index in [2.05, 4.69) is 20.8 Å². The number of anilines is 2. The first-order chi connectivity index (χ1) is 16.5. The van der Waals surface area contributed by atoms with E-state index in [4.69, 9.17) is 4.74 Å². The number of carbonyl (C=O) groups excluding carboxylic acids is 1. The number of nitrogens with one attached hydrogen (secondary N) is 2. The van der Waals surface area contributed by atoms with Crippen molar-refractivity contribution in [3.8, 4) is 11.4 Å². The van der Waals surface area contributed by atoms with Crippen LogP contribution in [0.15, 0.2) is 78.0 Å². The number of aromatic nitrogens is 3. The Labute approximate surface area is 201 Å². The van der Waals surface area contributed by atoms with Crippen LogP contribution in [0.1, 0.15) is 11.4 Å². The molecule has 1 heterocycles. The number of hydrogen-bond donors (Lipinski definition) is 2. The average Bonchev–Trinajstić information content (AvgIpc) is 3.25. The van der Waals surface area contributed by atoms with Crippen molar-refractivity contribution in [2.24, 2.45) is 0 Å². The number of carbonyl (C=O) groups is 1. The number of rotatable bonds is 9. The highest BCUT2D eigenvalue weighted by atomic mass is 32.2. The zero-order chi connectivity index (χ0) is 23.9. The van der Waals surface area contributed by atoms with Crippen LogP contribution in [0.3, 0.4) is 0 Å². The number of hydrogen-bond acceptors (Lipinski definition) is 6. The molecule has 0 radical (unpaired) electrons. The second-order valence-corrected chi connectivity index (χ2v) is 8.44. The van der Waals surface area contributed by atoms with Gasteiger partial charge in [0.1, 0.15) is 11.6 Å². The fraction of sp³-hybridized carbons (Fsp3) is 0.160. The van der Waals surface area contributed by atoms with E-state index in [0.717, 1.165) is 22.6 Å². The molecule has 174 valence electrons. The Morgan fingerprint density at radius 3 is 2.59 bits per heavy atom. The summed E-state index contributed by atoms with van der Waals surface area (Å²) in [5, 5.41) is 15.4. The summed E-state index contributed by atoms with van der Waals surface area (Å²) in [5.41, 5.74) is 3.39. The Hall–Kier alpha value is -3.85. The number of amides is 1. The number of methoxy groups -OCH3 is 1. The second-order valence-electron chi connectivity index (χ2n) is 7.50. The van der Waals surface area contributed by atoms with Gasteiger partial charge in [0.2, 0.25) is 5.91 Å². The third kappa shape index (κ3) is 5.93. The number of halogens is 1. The molecule has 34 heavy (non-hydrogen) atoms. The van der Waals surface area contributed by atoms with Gasteiger partial charge in [0.15, 0.2) is 11.0 Å². The number of aryl methyl sites for hydroxylation is 1. The van der Waals surface area contributed by atoms with Gasteiger partial charge < -0.3 is 15.4 Å². The monoisotopic (exact) mass is 477 g/mol. The van der Waals surface area contributed by atoms with Crippen LogP contribution in [0.5, 0.6) is 5.75 Å². The lowest BCUT2D eigenvalue weighted by Gasteiger charge is -2.12. The van der Waals surface area contributed by atoms with Crippen molar-refractivity contribution in [3.05, 3.63) is 90.0 Å². The fourth-order valence-electron chi connectivity index (χ4n) is 3.32. The first kappa shape index (κ1) is 23.3. The zero-order valence-electron chi connectivity index (χ0n) is 18.8. The Bertz CT molecular complexity index is 1280. The predicted octanol–water partition coefficient (Wildman–Crippen LogP) is 5.07. The molecule has 0 aliphatic heterocycles. The summed E-state index contributed by atoms with van der Waals surface area (Å²) in [6, 6.07) is 21.3. The Balaban J connectivity index is 1.53. The van der Waals surface area contributed by atoms with Crippen molar-refractivity contribution < 1.29 is 13.9 Å². The SMILES string of the molecule is COc1cccc(-n2c(CNc3ccc(F)cc3)nnc2SCC(=O)Nc2cccc(C)c2)c1. The Morgan fingerprint density at radius 1 is 1.03 bits per heavy atom. The minimum Gasteiger partial charge on any atom is -0.497 e. The largest absolute Gasteiger partial charge is 0.497 e. The smallest absolute Gasteiger partial charge is 0.234 e. The van der Waals surface area contributed by atoms with E-state index < -0.39 is 0 Å². The normalized spacial score (nSPS) is 10.7. The van der Waals surface area contributed by atoms with Gasteiger partial charge in [0.25, 0.3) is 0 Å². The molecule has 0 atom stereocenters. The highest BCUT2D eigenvalue weighted by Gasteiger charge is 2.17. The van der Waals surface area contributed by atoms with Gasteiger partial charge in [-0.15, -0.1) is 10.2 Å². The molecular formula is C25H24FN5O2S. The molecule has 0 spiro atoms. The molecule has 0 unspecified atom stereocenters. The van der Waals surface area contributed by atoms with Crippen LogP contribution in [0.2, 0.25) is 0 Å². The molecule has 0 aliphatic carbocycles. The van der Waals surface area contributed by atoms with Gasteiger partial charge in [-0.25, -0.2) is 4.39 Å². The molecule has 0 aliphatic rings. The maximum absolute atomic E-state index is 13.2. The summed E-state index contributed by atoms with van der Waals surface area (Å²) in [4.78, 5) is 12.5. The summed E-state index contributed by atoms with van der Waals surface area (Å²) in [6.45, 7) is 2.33. The molecule has 0 saturated heterocycles. The highest BCUT2D eigenvalue weighted by molar-refractivity contribution is 7.99. The van der Waals surface area contributed by atoms with Crippen LogP contribution in [0, 0.1) is 12.7 Å². The van der Waals surface area contributed by atoms with Crippen LogP contribution < -0.4 is 15.4 Å². The molecule has 9 heteroatoms. The Kier molecular flexibility index (Phi) is 7.44. The molecule has 0 saturated carbocycles. The first-order valence-electron chi connectivity index (χ1n) is 10.6. The summed E-state index contributed by atoms with van der Waals surface area (Å²) in [7, 11) is 1.60. The van der Waals surface area contributed by atoms with Gasteiger partial charge in [-0.1, -0.05) is 30.0 Å². The van der Waals surface area contributed by atoms with E-state index in [1.807, 2.05) is 60.0 Å². The van der Waals surface area contributed by atoms with Crippen LogP contribution in [0.25, 0.3) is 5.69 Å². The van der Waals surface area contributed by atoms with E-state index >= 15 is 0 Å². The highest BCUT2D eigenvalue weighted by Crippen LogP contribution is 2.25. The first-order valence-corrected chi connectivity index (χ1v) is 11.6. The van der Waals surface area contributed by atoms with Gasteiger partial charge in [0, 0.05) is 17.4 Å². The molecule has 4 aromatic rings. The molecule has 4 rings (SSSR count). The van der Waals surface area contributed by atoms with Crippen molar-refractivity contribution in [3.63, 3.8) is 0 Å². The average molecular weight is 478 g/mol. The second kappa shape index (κ2) is 10.8. The van der Waals surface area contributed by atoms with Crippen LogP contribution >= 0.6 is 11.8 Å². The molecule has 3 aromatic carbocycles. The van der Waals surface area contributed by atoms with Crippen molar-refractivity contribution in [2.45, 2.75) is 18.6 Å². The number of benzene rings is 3. The summed E-state index contributed by atoms with van der Waals surface area (Å²) in [6.07, 6.45) is 0. The molecule has 0 fully saturated rings. The number of nitrogens with zero attached hydrogens (tertiary/aromatic N) is 3. The van der Waals surface area contributed by atoms with Gasteiger partial charge in [-0.3, -0.25) is 9.36 Å². The van der Waals surface area contributed by atoms with Gasteiger partial charge in [0.05, 0.1) is 25.1 Å². The number of thioether (sulfide) groups is 1. The predicted molar refractivity (Wildman–Crippen MR) is 132 cm³/mol. The fourth-order valence-corrected chi connectivity index (χ4v) is 4.09. The zero-order valence-corrected chi connectivity index (χ0v) is 19.6. The van der Waals surface area contributed by atoms with E-state index in [9.17, 15) is 9.18 Å². The lowest BCUT2D eigenvalue weighted by molar-refractivity contribution is -0.113. The minimum absolute atomic E-state index is 0.137. The Morgan fingerprint density at radius 2 is 1.82 bits per heavy atom. The van der Waals surface area contributed by atoms with E-state index in [0.29, 0.717) is 23.3 Å². The van der Waals surface area contributed by atoms with E-state index in [1.54, 1.807) is 19.2 Å². The molecule has 2 N–H and O–H groups in total. The van der Waals surface area contributed by atoms with Crippen molar-refractivity contribution >= 4 is 29.0 Å². The van der Waals surface area contributed by atoms with Crippen molar-refractivity contribution in [1.82, 2.24) is 14.8 Å². The third-order valence-corrected chi connectivity index (χ3v) is 5.87. The van der Waals surface area contributed by atoms with Gasteiger partial charge in [-0.05, 0) is 61.0 Å². The minimum atomic E-state index is -0.298. The summed E-state index contributed by atoms with van der Waals surface area (Å²) < 4.78 is 20.5.